The summed E-state index contributed by atoms with van der Waals surface area (Å²) in [6.07, 6.45) is 0. The molecule has 7 nitrogen and oxygen atoms in total. The van der Waals surface area contributed by atoms with Crippen molar-refractivity contribution in [3.63, 3.8) is 0 Å². The number of hydrogen-bond donors (Lipinski definition) is 0. The molecule has 4 rings (SSSR count). The summed E-state index contributed by atoms with van der Waals surface area (Å²) in [4.78, 5) is 29.7. The highest BCUT2D eigenvalue weighted by Crippen LogP contribution is 2.23. The Morgan fingerprint density at radius 1 is 1.07 bits per heavy atom. The molecule has 0 saturated carbocycles. The summed E-state index contributed by atoms with van der Waals surface area (Å²) >= 11 is 0. The Kier molecular flexibility index (Phi) is 4.57. The van der Waals surface area contributed by atoms with Gasteiger partial charge in [-0.3, -0.25) is 14.2 Å². The van der Waals surface area contributed by atoms with Gasteiger partial charge in [0.05, 0.1) is 30.4 Å². The first-order valence-electron chi connectivity index (χ1n) is 8.93. The predicted molar refractivity (Wildman–Crippen MR) is 106 cm³/mol. The quantitative estimate of drug-likeness (QED) is 0.500. The maximum absolute atomic E-state index is 12.9. The number of para-hydroxylation sites is 2. The number of benzene rings is 2. The molecule has 28 heavy (non-hydrogen) atoms. The van der Waals surface area contributed by atoms with E-state index in [2.05, 4.69) is 4.98 Å². The second kappa shape index (κ2) is 7.19. The molecule has 0 N–H and O–H groups in total. The second-order valence-electron chi connectivity index (χ2n) is 6.22. The van der Waals surface area contributed by atoms with Gasteiger partial charge in [0.15, 0.2) is 0 Å². The minimum Gasteiger partial charge on any atom is -0.497 e. The molecule has 0 saturated heterocycles. The van der Waals surface area contributed by atoms with Gasteiger partial charge in [-0.05, 0) is 43.3 Å². The van der Waals surface area contributed by atoms with E-state index < -0.39 is 0 Å². The SMILES string of the molecule is CCOC(=O)Cn1c2ccccc2n2c(=O)cc(-c3ccc(OC)cc3)nc12. The third-order valence-electron chi connectivity index (χ3n) is 4.53. The maximum atomic E-state index is 12.9. The predicted octanol–water partition coefficient (Wildman–Crippen LogP) is 2.89. The van der Waals surface area contributed by atoms with Crippen molar-refractivity contribution >= 4 is 22.8 Å². The Balaban J connectivity index is 1.95. The highest BCUT2D eigenvalue weighted by Gasteiger charge is 2.17. The molecule has 0 fully saturated rings. The van der Waals surface area contributed by atoms with E-state index in [1.165, 1.54) is 10.5 Å². The lowest BCUT2D eigenvalue weighted by atomic mass is 10.1. The number of esters is 1. The summed E-state index contributed by atoms with van der Waals surface area (Å²) < 4.78 is 13.5. The lowest BCUT2D eigenvalue weighted by Gasteiger charge is -2.07. The fourth-order valence-corrected chi connectivity index (χ4v) is 3.27. The van der Waals surface area contributed by atoms with E-state index in [0.717, 1.165) is 16.8 Å². The van der Waals surface area contributed by atoms with Crippen LogP contribution in [-0.2, 0) is 16.1 Å². The minimum atomic E-state index is -0.380. The van der Waals surface area contributed by atoms with Crippen molar-refractivity contribution in [3.05, 3.63) is 65.0 Å². The number of rotatable bonds is 5. The molecule has 0 aliphatic heterocycles. The monoisotopic (exact) mass is 377 g/mol. The van der Waals surface area contributed by atoms with E-state index in [-0.39, 0.29) is 18.1 Å². The topological polar surface area (TPSA) is 74.8 Å². The Bertz CT molecular complexity index is 1220. The molecule has 0 bridgehead atoms. The van der Waals surface area contributed by atoms with Gasteiger partial charge < -0.3 is 9.47 Å². The Morgan fingerprint density at radius 3 is 2.46 bits per heavy atom. The van der Waals surface area contributed by atoms with E-state index >= 15 is 0 Å². The molecule has 0 atom stereocenters. The number of carbonyl (C=O) groups excluding carboxylic acids is 1. The van der Waals surface area contributed by atoms with Crippen molar-refractivity contribution in [2.24, 2.45) is 0 Å². The lowest BCUT2D eigenvalue weighted by Crippen LogP contribution is -2.17. The highest BCUT2D eigenvalue weighted by atomic mass is 16.5. The zero-order chi connectivity index (χ0) is 19.7. The van der Waals surface area contributed by atoms with Gasteiger partial charge in [0.25, 0.3) is 5.56 Å². The molecule has 0 aliphatic rings. The molecular formula is C21H19N3O4. The number of aromatic nitrogens is 3. The minimum absolute atomic E-state index is 0.0244. The van der Waals surface area contributed by atoms with E-state index in [4.69, 9.17) is 9.47 Å². The standard InChI is InChI=1S/C21H19N3O4/c1-3-28-20(26)13-23-17-6-4-5-7-18(17)24-19(25)12-16(22-21(23)24)14-8-10-15(27-2)11-9-14/h4-12H,3,13H2,1-2H3. The number of nitrogens with zero attached hydrogens (tertiary/aromatic N) is 3. The van der Waals surface area contributed by atoms with Crippen LogP contribution in [-0.4, -0.2) is 33.6 Å². The van der Waals surface area contributed by atoms with Gasteiger partial charge in [-0.15, -0.1) is 0 Å². The van der Waals surface area contributed by atoms with Crippen molar-refractivity contribution < 1.29 is 14.3 Å². The molecule has 0 amide bonds. The van der Waals surface area contributed by atoms with Gasteiger partial charge in [-0.1, -0.05) is 12.1 Å². The van der Waals surface area contributed by atoms with Crippen molar-refractivity contribution in [1.29, 1.82) is 0 Å². The number of carbonyl (C=O) groups is 1. The number of methoxy groups -OCH3 is 1. The first-order valence-corrected chi connectivity index (χ1v) is 8.93. The van der Waals surface area contributed by atoms with Crippen LogP contribution in [0.25, 0.3) is 28.1 Å². The van der Waals surface area contributed by atoms with Crippen molar-refractivity contribution in [3.8, 4) is 17.0 Å². The molecular weight excluding hydrogens is 358 g/mol. The number of fused-ring (bicyclic) bond motifs is 3. The van der Waals surface area contributed by atoms with Crippen LogP contribution in [0.5, 0.6) is 5.75 Å². The first-order chi connectivity index (χ1) is 13.6. The van der Waals surface area contributed by atoms with Crippen LogP contribution >= 0.6 is 0 Å². The molecule has 2 heterocycles. The van der Waals surface area contributed by atoms with E-state index in [1.54, 1.807) is 18.6 Å². The smallest absolute Gasteiger partial charge is 0.326 e. The Hall–Kier alpha value is -3.61. The van der Waals surface area contributed by atoms with Gasteiger partial charge >= 0.3 is 5.97 Å². The average molecular weight is 377 g/mol. The van der Waals surface area contributed by atoms with Crippen LogP contribution in [0.2, 0.25) is 0 Å². The first kappa shape index (κ1) is 17.8. The van der Waals surface area contributed by atoms with Crippen LogP contribution in [0.3, 0.4) is 0 Å². The normalized spacial score (nSPS) is 11.1. The fraction of sp³-hybridized carbons (Fsp3) is 0.190. The average Bonchev–Trinajstić information content (AvgIpc) is 3.02. The summed E-state index contributed by atoms with van der Waals surface area (Å²) in [6, 6.07) is 16.2. The van der Waals surface area contributed by atoms with Crippen molar-refractivity contribution in [2.75, 3.05) is 13.7 Å². The fourth-order valence-electron chi connectivity index (χ4n) is 3.27. The van der Waals surface area contributed by atoms with Gasteiger partial charge in [0, 0.05) is 11.6 Å². The van der Waals surface area contributed by atoms with Crippen LogP contribution in [0, 0.1) is 0 Å². The van der Waals surface area contributed by atoms with Gasteiger partial charge in [-0.2, -0.15) is 0 Å². The molecule has 142 valence electrons. The molecule has 2 aromatic carbocycles. The molecule has 0 radical (unpaired) electrons. The van der Waals surface area contributed by atoms with Gasteiger partial charge in [0.2, 0.25) is 5.78 Å². The van der Waals surface area contributed by atoms with Crippen LogP contribution in [0.1, 0.15) is 6.92 Å². The lowest BCUT2D eigenvalue weighted by molar-refractivity contribution is -0.143. The molecule has 4 aromatic rings. The third-order valence-corrected chi connectivity index (χ3v) is 4.53. The molecule has 2 aromatic heterocycles. The third kappa shape index (κ3) is 3.00. The summed E-state index contributed by atoms with van der Waals surface area (Å²) in [5, 5.41) is 0. The summed E-state index contributed by atoms with van der Waals surface area (Å²) in [6.45, 7) is 2.03. The molecule has 7 heteroatoms. The van der Waals surface area contributed by atoms with Gasteiger partial charge in [-0.25, -0.2) is 9.38 Å². The van der Waals surface area contributed by atoms with E-state index in [9.17, 15) is 9.59 Å². The Morgan fingerprint density at radius 2 is 1.79 bits per heavy atom. The maximum Gasteiger partial charge on any atom is 0.326 e. The number of hydrogen-bond acceptors (Lipinski definition) is 5. The van der Waals surface area contributed by atoms with E-state index in [0.29, 0.717) is 23.6 Å². The van der Waals surface area contributed by atoms with Crippen molar-refractivity contribution in [2.45, 2.75) is 13.5 Å². The molecule has 0 unspecified atom stereocenters. The van der Waals surface area contributed by atoms with Crippen LogP contribution in [0.15, 0.2) is 59.4 Å². The summed E-state index contributed by atoms with van der Waals surface area (Å²) in [5.74, 6) is 0.736. The van der Waals surface area contributed by atoms with Crippen LogP contribution < -0.4 is 10.3 Å². The largest absolute Gasteiger partial charge is 0.497 e. The van der Waals surface area contributed by atoms with E-state index in [1.807, 2.05) is 48.5 Å². The highest BCUT2D eigenvalue weighted by molar-refractivity contribution is 5.83. The summed E-state index contributed by atoms with van der Waals surface area (Å²) in [5.41, 5.74) is 2.54. The number of ether oxygens (including phenoxy) is 2. The molecule has 0 aliphatic carbocycles. The second-order valence-corrected chi connectivity index (χ2v) is 6.22. The Labute approximate surface area is 160 Å². The van der Waals surface area contributed by atoms with Crippen LogP contribution in [0.4, 0.5) is 0 Å². The summed E-state index contributed by atoms with van der Waals surface area (Å²) in [7, 11) is 1.60. The van der Waals surface area contributed by atoms with Gasteiger partial charge in [0.1, 0.15) is 12.3 Å². The zero-order valence-corrected chi connectivity index (χ0v) is 15.6. The molecule has 0 spiro atoms. The van der Waals surface area contributed by atoms with Crippen molar-refractivity contribution in [1.82, 2.24) is 14.0 Å². The zero-order valence-electron chi connectivity index (χ0n) is 15.6. The number of imidazole rings is 1.